The Morgan fingerprint density at radius 1 is 0.962 bits per heavy atom. The molecule has 0 spiro atoms. The summed E-state index contributed by atoms with van der Waals surface area (Å²) in [5, 5.41) is 8.09. The molecule has 0 saturated carbocycles. The second-order valence-electron chi connectivity index (χ2n) is 5.34. The first-order chi connectivity index (χ1) is 12.6. The molecule has 0 aliphatic rings. The molecule has 0 bridgehead atoms. The van der Waals surface area contributed by atoms with Crippen molar-refractivity contribution >= 4 is 23.3 Å². The van der Waals surface area contributed by atoms with Gasteiger partial charge in [-0.15, -0.1) is 0 Å². The average molecular weight is 357 g/mol. The summed E-state index contributed by atoms with van der Waals surface area (Å²) in [7, 11) is 1.54. The standard InChI is InChI=1S/C19H23N3O4/c1-3-26-16-10-9-15(13-17(16)25-2)21-18(23)11-12-20-19(24)22-14-7-5-4-6-8-14/h4-10,13H,3,11-12H2,1-2H3,(H,21,23)(H2,20,22,24). The molecule has 2 aromatic rings. The number of carbonyl (C=O) groups is 2. The van der Waals surface area contributed by atoms with Crippen LogP contribution < -0.4 is 25.4 Å². The van der Waals surface area contributed by atoms with Gasteiger partial charge < -0.3 is 25.4 Å². The van der Waals surface area contributed by atoms with E-state index in [0.717, 1.165) is 0 Å². The van der Waals surface area contributed by atoms with Crippen LogP contribution in [0.2, 0.25) is 0 Å². The lowest BCUT2D eigenvalue weighted by Crippen LogP contribution is -2.31. The van der Waals surface area contributed by atoms with Crippen molar-refractivity contribution in [1.82, 2.24) is 5.32 Å². The molecule has 0 atom stereocenters. The van der Waals surface area contributed by atoms with Crippen molar-refractivity contribution in [2.75, 3.05) is 30.9 Å². The Hall–Kier alpha value is -3.22. The molecular formula is C19H23N3O4. The molecule has 0 saturated heterocycles. The Labute approximate surface area is 152 Å². The Balaban J connectivity index is 1.77. The molecule has 0 heterocycles. The number of hydrogen-bond donors (Lipinski definition) is 3. The summed E-state index contributed by atoms with van der Waals surface area (Å²) < 4.78 is 10.7. The number of ether oxygens (including phenoxy) is 2. The largest absolute Gasteiger partial charge is 0.493 e. The third-order valence-corrected chi connectivity index (χ3v) is 3.42. The third-order valence-electron chi connectivity index (χ3n) is 3.42. The van der Waals surface area contributed by atoms with Crippen LogP contribution in [0.4, 0.5) is 16.2 Å². The molecule has 0 radical (unpaired) electrons. The Bertz CT molecular complexity index is 735. The molecule has 2 aromatic carbocycles. The molecule has 26 heavy (non-hydrogen) atoms. The molecule has 0 fully saturated rings. The number of rotatable bonds is 8. The fourth-order valence-electron chi connectivity index (χ4n) is 2.23. The third kappa shape index (κ3) is 6.01. The summed E-state index contributed by atoms with van der Waals surface area (Å²) in [4.78, 5) is 23.8. The van der Waals surface area contributed by atoms with Crippen LogP contribution in [0, 0.1) is 0 Å². The van der Waals surface area contributed by atoms with E-state index in [1.165, 1.54) is 0 Å². The van der Waals surface area contributed by atoms with Crippen molar-refractivity contribution in [2.24, 2.45) is 0 Å². The topological polar surface area (TPSA) is 88.7 Å². The molecule has 3 N–H and O–H groups in total. The summed E-state index contributed by atoms with van der Waals surface area (Å²) in [6, 6.07) is 13.9. The molecule has 0 unspecified atom stereocenters. The van der Waals surface area contributed by atoms with Crippen molar-refractivity contribution in [3.8, 4) is 11.5 Å². The first kappa shape index (κ1) is 19.1. The number of methoxy groups -OCH3 is 1. The second-order valence-corrected chi connectivity index (χ2v) is 5.34. The number of hydrogen-bond acceptors (Lipinski definition) is 4. The first-order valence-electron chi connectivity index (χ1n) is 8.33. The zero-order chi connectivity index (χ0) is 18.8. The summed E-state index contributed by atoms with van der Waals surface area (Å²) in [5.74, 6) is 0.952. The minimum absolute atomic E-state index is 0.151. The summed E-state index contributed by atoms with van der Waals surface area (Å²) in [6.07, 6.45) is 0.151. The maximum absolute atomic E-state index is 12.0. The monoisotopic (exact) mass is 357 g/mol. The SMILES string of the molecule is CCOc1ccc(NC(=O)CCNC(=O)Nc2ccccc2)cc1OC. The van der Waals surface area contributed by atoms with Gasteiger partial charge in [-0.2, -0.15) is 0 Å². The van der Waals surface area contributed by atoms with E-state index >= 15 is 0 Å². The van der Waals surface area contributed by atoms with Gasteiger partial charge in [0, 0.05) is 30.4 Å². The van der Waals surface area contributed by atoms with Gasteiger partial charge in [0.1, 0.15) is 0 Å². The van der Waals surface area contributed by atoms with E-state index in [-0.39, 0.29) is 24.9 Å². The Kier molecular flexibility index (Phi) is 7.30. The van der Waals surface area contributed by atoms with E-state index < -0.39 is 0 Å². The van der Waals surface area contributed by atoms with Crippen LogP contribution in [-0.4, -0.2) is 32.2 Å². The van der Waals surface area contributed by atoms with Crippen molar-refractivity contribution in [3.63, 3.8) is 0 Å². The predicted octanol–water partition coefficient (Wildman–Crippen LogP) is 3.24. The van der Waals surface area contributed by atoms with E-state index in [9.17, 15) is 9.59 Å². The normalized spacial score (nSPS) is 9.92. The maximum Gasteiger partial charge on any atom is 0.319 e. The molecule has 0 aliphatic heterocycles. The Morgan fingerprint density at radius 3 is 2.42 bits per heavy atom. The molecule has 7 heteroatoms. The molecule has 0 aliphatic carbocycles. The number of para-hydroxylation sites is 1. The number of benzene rings is 2. The molecular weight excluding hydrogens is 334 g/mol. The number of amides is 3. The molecule has 0 aromatic heterocycles. The fourth-order valence-corrected chi connectivity index (χ4v) is 2.23. The fraction of sp³-hybridized carbons (Fsp3) is 0.263. The quantitative estimate of drug-likeness (QED) is 0.677. The summed E-state index contributed by atoms with van der Waals surface area (Å²) in [6.45, 7) is 2.63. The maximum atomic E-state index is 12.0. The molecule has 2 rings (SSSR count). The second kappa shape index (κ2) is 9.93. The number of nitrogens with one attached hydrogen (secondary N) is 3. The minimum Gasteiger partial charge on any atom is -0.493 e. The van der Waals surface area contributed by atoms with Crippen LogP contribution in [0.3, 0.4) is 0 Å². The first-order valence-corrected chi connectivity index (χ1v) is 8.33. The molecule has 138 valence electrons. The van der Waals surface area contributed by atoms with Gasteiger partial charge in [0.25, 0.3) is 0 Å². The van der Waals surface area contributed by atoms with Crippen LogP contribution in [0.1, 0.15) is 13.3 Å². The summed E-state index contributed by atoms with van der Waals surface area (Å²) in [5.41, 5.74) is 1.29. The van der Waals surface area contributed by atoms with Crippen molar-refractivity contribution in [3.05, 3.63) is 48.5 Å². The molecule has 7 nitrogen and oxygen atoms in total. The van der Waals surface area contributed by atoms with Crippen LogP contribution >= 0.6 is 0 Å². The highest BCUT2D eigenvalue weighted by atomic mass is 16.5. The van der Waals surface area contributed by atoms with E-state index in [0.29, 0.717) is 29.5 Å². The highest BCUT2D eigenvalue weighted by Gasteiger charge is 2.08. The van der Waals surface area contributed by atoms with Crippen LogP contribution in [0.5, 0.6) is 11.5 Å². The van der Waals surface area contributed by atoms with Gasteiger partial charge in [-0.3, -0.25) is 4.79 Å². The zero-order valence-corrected chi connectivity index (χ0v) is 14.9. The van der Waals surface area contributed by atoms with E-state index in [1.54, 1.807) is 37.4 Å². The van der Waals surface area contributed by atoms with Gasteiger partial charge in [0.05, 0.1) is 13.7 Å². The number of carbonyl (C=O) groups excluding carboxylic acids is 2. The van der Waals surface area contributed by atoms with E-state index in [2.05, 4.69) is 16.0 Å². The van der Waals surface area contributed by atoms with Crippen LogP contribution in [-0.2, 0) is 4.79 Å². The lowest BCUT2D eigenvalue weighted by atomic mass is 10.2. The van der Waals surface area contributed by atoms with Gasteiger partial charge >= 0.3 is 6.03 Å². The highest BCUT2D eigenvalue weighted by molar-refractivity contribution is 5.92. The smallest absolute Gasteiger partial charge is 0.319 e. The van der Waals surface area contributed by atoms with Crippen molar-refractivity contribution < 1.29 is 19.1 Å². The van der Waals surface area contributed by atoms with Gasteiger partial charge in [-0.1, -0.05) is 18.2 Å². The van der Waals surface area contributed by atoms with E-state index in [4.69, 9.17) is 9.47 Å². The number of anilines is 2. The van der Waals surface area contributed by atoms with Gasteiger partial charge in [0.15, 0.2) is 11.5 Å². The zero-order valence-electron chi connectivity index (χ0n) is 14.9. The van der Waals surface area contributed by atoms with Gasteiger partial charge in [-0.25, -0.2) is 4.79 Å². The molecule has 3 amide bonds. The number of urea groups is 1. The lowest BCUT2D eigenvalue weighted by Gasteiger charge is -2.12. The van der Waals surface area contributed by atoms with E-state index in [1.807, 2.05) is 25.1 Å². The predicted molar refractivity (Wildman–Crippen MR) is 101 cm³/mol. The van der Waals surface area contributed by atoms with Crippen LogP contribution in [0.25, 0.3) is 0 Å². The highest BCUT2D eigenvalue weighted by Crippen LogP contribution is 2.30. The average Bonchev–Trinajstić information content (AvgIpc) is 2.64. The Morgan fingerprint density at radius 2 is 1.73 bits per heavy atom. The summed E-state index contributed by atoms with van der Waals surface area (Å²) >= 11 is 0. The van der Waals surface area contributed by atoms with Crippen LogP contribution in [0.15, 0.2) is 48.5 Å². The minimum atomic E-state index is -0.355. The van der Waals surface area contributed by atoms with Crippen molar-refractivity contribution in [1.29, 1.82) is 0 Å². The lowest BCUT2D eigenvalue weighted by molar-refractivity contribution is -0.116. The van der Waals surface area contributed by atoms with Gasteiger partial charge in [0.2, 0.25) is 5.91 Å². The van der Waals surface area contributed by atoms with Crippen molar-refractivity contribution in [2.45, 2.75) is 13.3 Å². The van der Waals surface area contributed by atoms with Gasteiger partial charge in [-0.05, 0) is 31.2 Å².